The second kappa shape index (κ2) is 19.3. The molecule has 0 bridgehead atoms. The molecule has 0 N–H and O–H groups in total. The molecular weight excluding hydrogens is 737 g/mol. The Morgan fingerprint density at radius 3 is 1.57 bits per heavy atom. The lowest BCUT2D eigenvalue weighted by molar-refractivity contribution is -0.0203. The highest BCUT2D eigenvalue weighted by molar-refractivity contribution is 6.06. The minimum Gasteiger partial charge on any atom is -0.487 e. The Morgan fingerprint density at radius 1 is 0.617 bits per heavy atom. The van der Waals surface area contributed by atoms with E-state index in [2.05, 4.69) is 119 Å². The third-order valence-electron chi connectivity index (χ3n) is 15.2. The SMILES string of the molecule is C=CC(CC)(Oc1ccc(C2(c3ccc(OC(C)(CC)CC)c(C)c3)CCCCC2)cc1C)C(CC)(CCC)C(=O)c1ccc2cc(C(=O)C(C)(CC)CCC)ccc2c1. The second-order valence-electron chi connectivity index (χ2n) is 18.7. The van der Waals surface area contributed by atoms with Crippen molar-refractivity contribution < 1.29 is 19.1 Å². The zero-order valence-electron chi connectivity index (χ0n) is 39.2. The molecule has 1 saturated carbocycles. The van der Waals surface area contributed by atoms with Gasteiger partial charge in [-0.3, -0.25) is 9.59 Å². The average molecular weight is 813 g/mol. The van der Waals surface area contributed by atoms with Gasteiger partial charge in [0.25, 0.3) is 0 Å². The number of fused-ring (bicyclic) bond motifs is 1. The summed E-state index contributed by atoms with van der Waals surface area (Å²) < 4.78 is 13.9. The van der Waals surface area contributed by atoms with Crippen LogP contribution in [0.2, 0.25) is 0 Å². The molecule has 0 aliphatic heterocycles. The van der Waals surface area contributed by atoms with E-state index < -0.39 is 11.0 Å². The Bertz CT molecular complexity index is 2130. The van der Waals surface area contributed by atoms with Crippen molar-refractivity contribution in [3.63, 3.8) is 0 Å². The maximum Gasteiger partial charge on any atom is 0.173 e. The predicted molar refractivity (Wildman–Crippen MR) is 253 cm³/mol. The summed E-state index contributed by atoms with van der Waals surface area (Å²) in [6.07, 6.45) is 15.0. The van der Waals surface area contributed by atoms with E-state index in [1.807, 2.05) is 42.5 Å². The van der Waals surface area contributed by atoms with Crippen LogP contribution in [0.4, 0.5) is 0 Å². The zero-order chi connectivity index (χ0) is 43.9. The van der Waals surface area contributed by atoms with E-state index in [1.54, 1.807) is 0 Å². The number of carbonyl (C=O) groups excluding carboxylic acids is 2. The van der Waals surface area contributed by atoms with Crippen molar-refractivity contribution in [1.29, 1.82) is 0 Å². The number of ketones is 2. The number of rotatable bonds is 21. The zero-order valence-corrected chi connectivity index (χ0v) is 39.2. The van der Waals surface area contributed by atoms with Crippen LogP contribution in [0.1, 0.15) is 195 Å². The first-order valence-corrected chi connectivity index (χ1v) is 23.5. The van der Waals surface area contributed by atoms with E-state index in [9.17, 15) is 4.79 Å². The lowest BCUT2D eigenvalue weighted by Crippen LogP contribution is -2.55. The molecular formula is C56H76O4. The summed E-state index contributed by atoms with van der Waals surface area (Å²) in [6, 6.07) is 25.6. The summed E-state index contributed by atoms with van der Waals surface area (Å²) in [4.78, 5) is 28.9. The summed E-state index contributed by atoms with van der Waals surface area (Å²) in [5.74, 6) is 2.04. The Labute approximate surface area is 363 Å². The maximum absolute atomic E-state index is 15.2. The standard InChI is InChI=1S/C56H76O4/c1-13-32-52(11,15-3)50(57)44-26-24-43-39-45(27-25-42(43)38-44)51(58)55(18-6,33-14-2)56(19-7,20-8)60-49-31-29-47(37-41(49)10)54(34-22-21-23-35-54)46-28-30-48(40(9)36-46)59-53(12,16-4)17-5/h19,24-31,36-39H,7,13-18,20-23,32-35H2,1-6,8-12H3. The van der Waals surface area contributed by atoms with Gasteiger partial charge in [0, 0.05) is 22.0 Å². The van der Waals surface area contributed by atoms with Gasteiger partial charge >= 0.3 is 0 Å². The minimum absolute atomic E-state index is 0.0774. The molecule has 0 saturated heterocycles. The van der Waals surface area contributed by atoms with Crippen LogP contribution in [0.3, 0.4) is 0 Å². The van der Waals surface area contributed by atoms with Gasteiger partial charge in [0.05, 0.1) is 5.41 Å². The van der Waals surface area contributed by atoms with E-state index in [4.69, 9.17) is 9.47 Å². The van der Waals surface area contributed by atoms with Crippen molar-refractivity contribution in [2.24, 2.45) is 10.8 Å². The average Bonchev–Trinajstić information content (AvgIpc) is 3.28. The topological polar surface area (TPSA) is 52.6 Å². The van der Waals surface area contributed by atoms with Crippen LogP contribution >= 0.6 is 0 Å². The number of ether oxygens (including phenoxy) is 2. The molecule has 324 valence electrons. The van der Waals surface area contributed by atoms with E-state index in [0.717, 1.165) is 84.8 Å². The summed E-state index contributed by atoms with van der Waals surface area (Å²) in [5, 5.41) is 1.92. The van der Waals surface area contributed by atoms with Crippen LogP contribution in [-0.2, 0) is 5.41 Å². The maximum atomic E-state index is 15.2. The molecule has 4 aromatic carbocycles. The van der Waals surface area contributed by atoms with Crippen LogP contribution in [0.25, 0.3) is 10.8 Å². The first kappa shape index (κ1) is 46.9. The van der Waals surface area contributed by atoms with Gasteiger partial charge in [-0.05, 0) is 142 Å². The molecule has 1 aliphatic rings. The fraction of sp³-hybridized carbons (Fsp3) is 0.536. The highest BCUT2D eigenvalue weighted by Crippen LogP contribution is 2.51. The van der Waals surface area contributed by atoms with Crippen molar-refractivity contribution in [1.82, 2.24) is 0 Å². The van der Waals surface area contributed by atoms with E-state index >= 15 is 4.79 Å². The Kier molecular flexibility index (Phi) is 15.0. The lowest BCUT2D eigenvalue weighted by atomic mass is 9.61. The lowest BCUT2D eigenvalue weighted by Gasteiger charge is -2.48. The van der Waals surface area contributed by atoms with Gasteiger partial charge in [0.1, 0.15) is 22.7 Å². The molecule has 1 aliphatic carbocycles. The van der Waals surface area contributed by atoms with Crippen molar-refractivity contribution in [2.45, 2.75) is 183 Å². The van der Waals surface area contributed by atoms with Crippen LogP contribution in [0, 0.1) is 24.7 Å². The quantitative estimate of drug-likeness (QED) is 0.0621. The molecule has 3 unspecified atom stereocenters. The van der Waals surface area contributed by atoms with E-state index in [0.29, 0.717) is 24.8 Å². The van der Waals surface area contributed by atoms with E-state index in [-0.39, 0.29) is 28.0 Å². The Balaban J connectivity index is 1.51. The predicted octanol–water partition coefficient (Wildman–Crippen LogP) is 15.9. The van der Waals surface area contributed by atoms with Gasteiger partial charge in [-0.15, -0.1) is 0 Å². The van der Waals surface area contributed by atoms with Gasteiger partial charge in [0.2, 0.25) is 0 Å². The molecule has 0 amide bonds. The summed E-state index contributed by atoms with van der Waals surface area (Å²) in [7, 11) is 0. The van der Waals surface area contributed by atoms with Crippen molar-refractivity contribution in [2.75, 3.05) is 0 Å². The molecule has 3 atom stereocenters. The molecule has 4 heteroatoms. The molecule has 4 aromatic rings. The number of benzene rings is 4. The van der Waals surface area contributed by atoms with Crippen LogP contribution in [0.15, 0.2) is 85.5 Å². The number of Topliss-reactive ketones (excluding diaryl/α,β-unsaturated/α-hetero) is 2. The first-order chi connectivity index (χ1) is 28.6. The van der Waals surface area contributed by atoms with Crippen LogP contribution in [-0.4, -0.2) is 22.8 Å². The number of hydrogen-bond acceptors (Lipinski definition) is 4. The van der Waals surface area contributed by atoms with Crippen molar-refractivity contribution in [3.8, 4) is 11.5 Å². The third kappa shape index (κ3) is 8.77. The highest BCUT2D eigenvalue weighted by Gasteiger charge is 2.54. The molecule has 0 aromatic heterocycles. The van der Waals surface area contributed by atoms with Crippen LogP contribution < -0.4 is 9.47 Å². The molecule has 1 fully saturated rings. The summed E-state index contributed by atoms with van der Waals surface area (Å²) >= 11 is 0. The molecule has 0 radical (unpaired) electrons. The normalized spacial score (nSPS) is 17.2. The minimum atomic E-state index is -0.947. The van der Waals surface area contributed by atoms with Gasteiger partial charge in [0.15, 0.2) is 11.6 Å². The molecule has 60 heavy (non-hydrogen) atoms. The Hall–Kier alpha value is -4.18. The van der Waals surface area contributed by atoms with Crippen molar-refractivity contribution in [3.05, 3.63) is 119 Å². The fourth-order valence-electron chi connectivity index (χ4n) is 10.5. The van der Waals surface area contributed by atoms with Gasteiger partial charge in [-0.2, -0.15) is 0 Å². The highest BCUT2D eigenvalue weighted by atomic mass is 16.5. The monoisotopic (exact) mass is 813 g/mol. The first-order valence-electron chi connectivity index (χ1n) is 23.5. The number of aryl methyl sites for hydroxylation is 2. The summed E-state index contributed by atoms with van der Waals surface area (Å²) in [6.45, 7) is 28.0. The molecule has 0 spiro atoms. The van der Waals surface area contributed by atoms with Gasteiger partial charge < -0.3 is 9.47 Å². The Morgan fingerprint density at radius 2 is 1.13 bits per heavy atom. The van der Waals surface area contributed by atoms with Gasteiger partial charge in [-0.25, -0.2) is 0 Å². The largest absolute Gasteiger partial charge is 0.487 e. The number of hydrogen-bond donors (Lipinski definition) is 0. The second-order valence-corrected chi connectivity index (χ2v) is 18.7. The molecule has 5 rings (SSSR count). The molecule has 0 heterocycles. The molecule has 4 nitrogen and oxygen atoms in total. The third-order valence-corrected chi connectivity index (χ3v) is 15.2. The summed E-state index contributed by atoms with van der Waals surface area (Å²) in [5.41, 5.74) is 3.89. The fourth-order valence-corrected chi connectivity index (χ4v) is 10.5. The van der Waals surface area contributed by atoms with E-state index in [1.165, 1.54) is 36.0 Å². The van der Waals surface area contributed by atoms with Crippen LogP contribution in [0.5, 0.6) is 11.5 Å². The number of carbonyl (C=O) groups is 2. The van der Waals surface area contributed by atoms with Gasteiger partial charge in [-0.1, -0.05) is 143 Å². The smallest absolute Gasteiger partial charge is 0.173 e. The van der Waals surface area contributed by atoms with Crippen molar-refractivity contribution >= 4 is 22.3 Å².